The molecule has 2 heterocycles. The van der Waals surface area contributed by atoms with Crippen LogP contribution in [0.5, 0.6) is 0 Å². The molecule has 2 bridgehead atoms. The SMILES string of the molecule is CC(C)(C)OC(=O)N1CCC[C@H]1C(=O)OCC(=O)c1ccc(C23CCC(C(=O)COC(=O)[C@H]4CCCN4C(=O)OCc4ccccc4)(CC2)CC3)cc1. The van der Waals surface area contributed by atoms with Crippen molar-refractivity contribution in [2.75, 3.05) is 26.3 Å². The van der Waals surface area contributed by atoms with E-state index in [1.807, 2.05) is 42.5 Å². The van der Waals surface area contributed by atoms with E-state index in [1.54, 1.807) is 32.9 Å². The number of hydrogen-bond donors (Lipinski definition) is 0. The zero-order chi connectivity index (χ0) is 37.8. The normalized spacial score (nSPS) is 25.1. The molecular formula is C41H50N2O10. The van der Waals surface area contributed by atoms with Gasteiger partial charge in [0.05, 0.1) is 0 Å². The van der Waals surface area contributed by atoms with Crippen LogP contribution in [0.4, 0.5) is 9.59 Å². The predicted molar refractivity (Wildman–Crippen MR) is 192 cm³/mol. The lowest BCUT2D eigenvalue weighted by Gasteiger charge is -2.53. The van der Waals surface area contributed by atoms with Gasteiger partial charge < -0.3 is 18.9 Å². The number of ether oxygens (including phenoxy) is 4. The quantitative estimate of drug-likeness (QED) is 0.146. The monoisotopic (exact) mass is 730 g/mol. The van der Waals surface area contributed by atoms with E-state index in [4.69, 9.17) is 18.9 Å². The number of likely N-dealkylation sites (tertiary alicyclic amines) is 2. The number of rotatable bonds is 11. The van der Waals surface area contributed by atoms with E-state index in [9.17, 15) is 28.8 Å². The number of hydrogen-bond acceptors (Lipinski definition) is 10. The van der Waals surface area contributed by atoms with Crippen molar-refractivity contribution in [1.82, 2.24) is 9.80 Å². The van der Waals surface area contributed by atoms with Gasteiger partial charge in [-0.2, -0.15) is 0 Å². The zero-order valence-corrected chi connectivity index (χ0v) is 30.9. The number of nitrogens with zero attached hydrogens (tertiary/aromatic N) is 2. The Balaban J connectivity index is 0.959. The standard InChI is InChI=1S/C41H50N2O10/c1-39(2,3)53-38(49)43-24-8-12-32(43)35(46)50-26-33(44)29-13-15-30(16-14-29)40-17-20-41(21-18-40,22-19-40)34(45)27-51-36(47)31-11-7-23-42(31)37(48)52-25-28-9-5-4-6-10-28/h4-6,9-10,13-16,31-32H,7-8,11-12,17-27H2,1-3H3/t31-,32+,40?,41?/m1/s1. The molecular weight excluding hydrogens is 680 g/mol. The fraction of sp³-hybridized carbons (Fsp3) is 0.561. The van der Waals surface area contributed by atoms with Gasteiger partial charge in [-0.3, -0.25) is 19.4 Å². The van der Waals surface area contributed by atoms with Gasteiger partial charge >= 0.3 is 24.1 Å². The maximum Gasteiger partial charge on any atom is 0.411 e. The largest absolute Gasteiger partial charge is 0.456 e. The van der Waals surface area contributed by atoms with E-state index < -0.39 is 53.8 Å². The Kier molecular flexibility index (Phi) is 11.3. The van der Waals surface area contributed by atoms with Crippen LogP contribution in [0.1, 0.15) is 106 Å². The molecule has 2 aliphatic heterocycles. The van der Waals surface area contributed by atoms with Crippen LogP contribution in [-0.2, 0) is 45.4 Å². The topological polar surface area (TPSA) is 146 Å². The summed E-state index contributed by atoms with van der Waals surface area (Å²) < 4.78 is 21.8. The van der Waals surface area contributed by atoms with Crippen molar-refractivity contribution in [2.24, 2.45) is 5.41 Å². The minimum Gasteiger partial charge on any atom is -0.456 e. The highest BCUT2D eigenvalue weighted by Gasteiger charge is 2.53. The number of carbonyl (C=O) groups is 6. The van der Waals surface area contributed by atoms with Crippen LogP contribution in [-0.4, -0.2) is 89.5 Å². The van der Waals surface area contributed by atoms with Crippen molar-refractivity contribution < 1.29 is 47.7 Å². The van der Waals surface area contributed by atoms with E-state index in [1.165, 1.54) is 9.80 Å². The van der Waals surface area contributed by atoms with Gasteiger partial charge in [-0.25, -0.2) is 19.2 Å². The summed E-state index contributed by atoms with van der Waals surface area (Å²) in [6.07, 6.45) is 5.54. The fourth-order valence-electron chi connectivity index (χ4n) is 8.33. The second kappa shape index (κ2) is 15.7. The van der Waals surface area contributed by atoms with Gasteiger partial charge in [-0.1, -0.05) is 54.6 Å². The smallest absolute Gasteiger partial charge is 0.411 e. The molecule has 284 valence electrons. The molecule has 0 unspecified atom stereocenters. The minimum atomic E-state index is -0.776. The van der Waals surface area contributed by atoms with Crippen molar-refractivity contribution >= 4 is 35.7 Å². The molecule has 3 aliphatic carbocycles. The third kappa shape index (κ3) is 8.57. The Morgan fingerprint density at radius 2 is 1.23 bits per heavy atom. The summed E-state index contributed by atoms with van der Waals surface area (Å²) in [6.45, 7) is 5.45. The van der Waals surface area contributed by atoms with Crippen LogP contribution in [0.25, 0.3) is 0 Å². The maximum absolute atomic E-state index is 13.5. The zero-order valence-electron chi connectivity index (χ0n) is 30.9. The Hall–Kier alpha value is -4.74. The number of amides is 2. The molecule has 0 N–H and O–H groups in total. The van der Waals surface area contributed by atoms with Crippen molar-refractivity contribution in [2.45, 2.75) is 115 Å². The van der Waals surface area contributed by atoms with Crippen LogP contribution in [0.15, 0.2) is 54.6 Å². The molecule has 2 atom stereocenters. The van der Waals surface area contributed by atoms with Gasteiger partial charge in [0.25, 0.3) is 0 Å². The van der Waals surface area contributed by atoms with E-state index >= 15 is 0 Å². The summed E-state index contributed by atoms with van der Waals surface area (Å²) in [5.41, 5.74) is 1.05. The highest BCUT2D eigenvalue weighted by atomic mass is 16.6. The second-order valence-corrected chi connectivity index (χ2v) is 15.9. The van der Waals surface area contributed by atoms with Crippen LogP contribution < -0.4 is 0 Å². The molecule has 2 aromatic carbocycles. The number of esters is 2. The number of benzene rings is 2. The van der Waals surface area contributed by atoms with Crippen molar-refractivity contribution in [3.05, 3.63) is 71.3 Å². The van der Waals surface area contributed by atoms with E-state index in [0.717, 1.165) is 30.4 Å². The lowest BCUT2D eigenvalue weighted by atomic mass is 9.51. The van der Waals surface area contributed by atoms with Gasteiger partial charge in [0.2, 0.25) is 0 Å². The van der Waals surface area contributed by atoms with Gasteiger partial charge in [0.15, 0.2) is 24.8 Å². The molecule has 2 amide bonds. The third-order valence-corrected chi connectivity index (χ3v) is 11.5. The van der Waals surface area contributed by atoms with Crippen molar-refractivity contribution in [3.63, 3.8) is 0 Å². The lowest BCUT2D eigenvalue weighted by molar-refractivity contribution is -0.156. The first-order chi connectivity index (χ1) is 25.3. The lowest BCUT2D eigenvalue weighted by Crippen LogP contribution is -2.49. The molecule has 2 aromatic rings. The van der Waals surface area contributed by atoms with Gasteiger partial charge in [0, 0.05) is 24.1 Å². The van der Waals surface area contributed by atoms with Crippen LogP contribution in [0, 0.1) is 5.41 Å². The molecule has 12 heteroatoms. The van der Waals surface area contributed by atoms with Gasteiger partial charge in [0.1, 0.15) is 24.3 Å². The number of fused-ring (bicyclic) bond motifs is 3. The Morgan fingerprint density at radius 1 is 0.679 bits per heavy atom. The highest BCUT2D eigenvalue weighted by molar-refractivity contribution is 5.98. The van der Waals surface area contributed by atoms with Crippen LogP contribution in [0.3, 0.4) is 0 Å². The number of carbonyl (C=O) groups excluding carboxylic acids is 6. The van der Waals surface area contributed by atoms with Gasteiger partial charge in [-0.05, 0) is 102 Å². The average molecular weight is 731 g/mol. The summed E-state index contributed by atoms with van der Waals surface area (Å²) >= 11 is 0. The first-order valence-corrected chi connectivity index (χ1v) is 18.8. The van der Waals surface area contributed by atoms with Gasteiger partial charge in [-0.15, -0.1) is 0 Å². The Morgan fingerprint density at radius 3 is 1.79 bits per heavy atom. The first-order valence-electron chi connectivity index (χ1n) is 18.8. The molecule has 5 aliphatic rings. The average Bonchev–Trinajstić information content (AvgIpc) is 3.87. The van der Waals surface area contributed by atoms with Crippen molar-refractivity contribution in [1.29, 1.82) is 0 Å². The van der Waals surface area contributed by atoms with Crippen LogP contribution >= 0.6 is 0 Å². The molecule has 5 fully saturated rings. The summed E-state index contributed by atoms with van der Waals surface area (Å²) in [4.78, 5) is 80.5. The fourth-order valence-corrected chi connectivity index (χ4v) is 8.33. The molecule has 3 saturated carbocycles. The molecule has 0 radical (unpaired) electrons. The van der Waals surface area contributed by atoms with Crippen molar-refractivity contribution in [3.8, 4) is 0 Å². The highest BCUT2D eigenvalue weighted by Crippen LogP contribution is 2.58. The maximum atomic E-state index is 13.5. The summed E-state index contributed by atoms with van der Waals surface area (Å²) in [5, 5.41) is 0. The molecule has 0 aromatic heterocycles. The van der Waals surface area contributed by atoms with Crippen LogP contribution in [0.2, 0.25) is 0 Å². The Bertz CT molecular complexity index is 1670. The summed E-state index contributed by atoms with van der Waals surface area (Å²) in [5.74, 6) is -1.59. The first kappa shape index (κ1) is 38.0. The van der Waals surface area contributed by atoms with E-state index in [2.05, 4.69) is 0 Å². The van der Waals surface area contributed by atoms with E-state index in [-0.39, 0.29) is 30.2 Å². The molecule has 0 spiro atoms. The predicted octanol–water partition coefficient (Wildman–Crippen LogP) is 6.32. The molecule has 2 saturated heterocycles. The molecule has 7 rings (SSSR count). The summed E-state index contributed by atoms with van der Waals surface area (Å²) in [7, 11) is 0. The summed E-state index contributed by atoms with van der Waals surface area (Å²) in [6, 6.07) is 15.2. The number of Topliss-reactive ketones (excluding diaryl/α,β-unsaturated/α-hetero) is 2. The minimum absolute atomic E-state index is 0.0716. The Labute approximate surface area is 310 Å². The number of ketones is 2. The second-order valence-electron chi connectivity index (χ2n) is 15.9. The molecule has 53 heavy (non-hydrogen) atoms. The third-order valence-electron chi connectivity index (χ3n) is 11.5. The van der Waals surface area contributed by atoms with E-state index in [0.29, 0.717) is 63.6 Å². The molecule has 12 nitrogen and oxygen atoms in total.